The number of rotatable bonds is 4. The third-order valence-corrected chi connectivity index (χ3v) is 3.92. The van der Waals surface area contributed by atoms with Crippen molar-refractivity contribution in [1.82, 2.24) is 9.97 Å². The molecule has 0 spiro atoms. The summed E-state index contributed by atoms with van der Waals surface area (Å²) in [4.78, 5) is 21.4. The van der Waals surface area contributed by atoms with Crippen molar-refractivity contribution in [2.24, 2.45) is 5.92 Å². The number of nitrogens with one attached hydrogen (secondary N) is 1. The fourth-order valence-corrected chi connectivity index (χ4v) is 2.49. The van der Waals surface area contributed by atoms with Gasteiger partial charge in [0.05, 0.1) is 11.3 Å². The van der Waals surface area contributed by atoms with Gasteiger partial charge >= 0.3 is 5.97 Å². The van der Waals surface area contributed by atoms with Crippen LogP contribution in [0.3, 0.4) is 0 Å². The standard InChI is InChI=1S/C12H15N3O2S/c1-6-4-9-10(13-5-14-11(9)18-6)15-8(3)7(2)12(16)17/h4-5,7-8H,1-3H3,(H,16,17)(H,13,14,15). The molecule has 2 N–H and O–H groups in total. The summed E-state index contributed by atoms with van der Waals surface area (Å²) < 4.78 is 0. The van der Waals surface area contributed by atoms with E-state index in [0.717, 1.165) is 15.1 Å². The van der Waals surface area contributed by atoms with Crippen molar-refractivity contribution in [3.05, 3.63) is 17.3 Å². The molecule has 6 heteroatoms. The van der Waals surface area contributed by atoms with Gasteiger partial charge in [-0.15, -0.1) is 11.3 Å². The third kappa shape index (κ3) is 2.43. The third-order valence-electron chi connectivity index (χ3n) is 2.96. The second-order valence-corrected chi connectivity index (χ2v) is 5.59. The molecule has 2 aromatic heterocycles. The summed E-state index contributed by atoms with van der Waals surface area (Å²) in [7, 11) is 0. The van der Waals surface area contributed by atoms with Crippen molar-refractivity contribution in [2.75, 3.05) is 5.32 Å². The molecule has 0 radical (unpaired) electrons. The topological polar surface area (TPSA) is 75.1 Å². The Morgan fingerprint density at radius 2 is 2.17 bits per heavy atom. The number of carbonyl (C=O) groups is 1. The van der Waals surface area contributed by atoms with Gasteiger partial charge in [-0.25, -0.2) is 9.97 Å². The summed E-state index contributed by atoms with van der Waals surface area (Å²) in [5, 5.41) is 13.1. The zero-order valence-electron chi connectivity index (χ0n) is 10.5. The van der Waals surface area contributed by atoms with E-state index in [1.807, 2.05) is 19.9 Å². The van der Waals surface area contributed by atoms with E-state index < -0.39 is 11.9 Å². The number of aliphatic carboxylic acids is 1. The fourth-order valence-electron chi connectivity index (χ4n) is 1.65. The van der Waals surface area contributed by atoms with Gasteiger partial charge in [0.15, 0.2) is 0 Å². The number of hydrogen-bond acceptors (Lipinski definition) is 5. The summed E-state index contributed by atoms with van der Waals surface area (Å²) in [5.74, 6) is -0.596. The van der Waals surface area contributed by atoms with Crippen molar-refractivity contribution < 1.29 is 9.90 Å². The Morgan fingerprint density at radius 3 is 2.83 bits per heavy atom. The van der Waals surface area contributed by atoms with E-state index in [0.29, 0.717) is 5.82 Å². The quantitative estimate of drug-likeness (QED) is 0.888. The molecular weight excluding hydrogens is 250 g/mol. The summed E-state index contributed by atoms with van der Waals surface area (Å²) in [6, 6.07) is 1.82. The number of nitrogens with zero attached hydrogens (tertiary/aromatic N) is 2. The van der Waals surface area contributed by atoms with Gasteiger partial charge in [0.1, 0.15) is 17.0 Å². The summed E-state index contributed by atoms with van der Waals surface area (Å²) in [5.41, 5.74) is 0. The number of aryl methyl sites for hydroxylation is 1. The summed E-state index contributed by atoms with van der Waals surface area (Å²) in [6.07, 6.45) is 1.50. The first-order valence-corrected chi connectivity index (χ1v) is 6.51. The largest absolute Gasteiger partial charge is 0.481 e. The summed E-state index contributed by atoms with van der Waals surface area (Å²) >= 11 is 1.60. The normalized spacial score (nSPS) is 14.4. The molecule has 0 fully saturated rings. The van der Waals surface area contributed by atoms with E-state index in [1.54, 1.807) is 18.3 Å². The van der Waals surface area contributed by atoms with Crippen LogP contribution in [0, 0.1) is 12.8 Å². The molecule has 2 unspecified atom stereocenters. The number of aromatic nitrogens is 2. The monoisotopic (exact) mass is 265 g/mol. The molecular formula is C12H15N3O2S. The zero-order valence-corrected chi connectivity index (χ0v) is 11.3. The first-order chi connectivity index (χ1) is 8.49. The van der Waals surface area contributed by atoms with Gasteiger partial charge in [-0.3, -0.25) is 4.79 Å². The minimum Gasteiger partial charge on any atom is -0.481 e. The highest BCUT2D eigenvalue weighted by Crippen LogP contribution is 2.28. The molecule has 0 saturated carbocycles. The van der Waals surface area contributed by atoms with E-state index in [4.69, 9.17) is 5.11 Å². The molecule has 18 heavy (non-hydrogen) atoms. The Kier molecular flexibility index (Phi) is 3.47. The predicted octanol–water partition coefficient (Wildman–Crippen LogP) is 2.52. The van der Waals surface area contributed by atoms with Gasteiger partial charge in [-0.2, -0.15) is 0 Å². The number of carboxylic acids is 1. The number of anilines is 1. The Hall–Kier alpha value is -1.69. The zero-order chi connectivity index (χ0) is 13.3. The van der Waals surface area contributed by atoms with Crippen molar-refractivity contribution in [2.45, 2.75) is 26.8 Å². The summed E-state index contributed by atoms with van der Waals surface area (Å²) in [6.45, 7) is 5.53. The van der Waals surface area contributed by atoms with Crippen LogP contribution < -0.4 is 5.32 Å². The van der Waals surface area contributed by atoms with E-state index in [9.17, 15) is 4.79 Å². The van der Waals surface area contributed by atoms with Crippen molar-refractivity contribution in [3.63, 3.8) is 0 Å². The van der Waals surface area contributed by atoms with Crippen LogP contribution in [-0.4, -0.2) is 27.1 Å². The van der Waals surface area contributed by atoms with Gasteiger partial charge in [-0.1, -0.05) is 0 Å². The fraction of sp³-hybridized carbons (Fsp3) is 0.417. The maximum absolute atomic E-state index is 10.9. The minimum atomic E-state index is -0.818. The van der Waals surface area contributed by atoms with Crippen LogP contribution in [0.15, 0.2) is 12.4 Å². The highest BCUT2D eigenvalue weighted by atomic mass is 32.1. The van der Waals surface area contributed by atoms with E-state index >= 15 is 0 Å². The molecule has 0 aliphatic heterocycles. The molecule has 0 amide bonds. The Labute approximate surface area is 109 Å². The van der Waals surface area contributed by atoms with Gasteiger partial charge in [0.2, 0.25) is 0 Å². The Morgan fingerprint density at radius 1 is 1.44 bits per heavy atom. The maximum Gasteiger partial charge on any atom is 0.308 e. The molecule has 96 valence electrons. The molecule has 2 atom stereocenters. The molecule has 0 aromatic carbocycles. The molecule has 2 aromatic rings. The molecule has 2 heterocycles. The lowest BCUT2D eigenvalue weighted by Gasteiger charge is -2.18. The lowest BCUT2D eigenvalue weighted by atomic mass is 10.0. The lowest BCUT2D eigenvalue weighted by molar-refractivity contribution is -0.141. The molecule has 2 rings (SSSR count). The number of hydrogen-bond donors (Lipinski definition) is 2. The second kappa shape index (κ2) is 4.89. The van der Waals surface area contributed by atoms with Crippen LogP contribution in [0.1, 0.15) is 18.7 Å². The molecule has 0 saturated heterocycles. The highest BCUT2D eigenvalue weighted by molar-refractivity contribution is 7.18. The van der Waals surface area contributed by atoms with Crippen LogP contribution in [0.2, 0.25) is 0 Å². The number of carboxylic acid groups (broad SMARTS) is 1. The van der Waals surface area contributed by atoms with Gasteiger partial charge < -0.3 is 10.4 Å². The first kappa shape index (κ1) is 12.8. The Bertz CT molecular complexity index is 582. The van der Waals surface area contributed by atoms with Gasteiger partial charge in [-0.05, 0) is 26.8 Å². The molecule has 0 aliphatic rings. The van der Waals surface area contributed by atoms with Gasteiger partial charge in [0, 0.05) is 10.9 Å². The van der Waals surface area contributed by atoms with Crippen LogP contribution in [-0.2, 0) is 4.79 Å². The average molecular weight is 265 g/mol. The van der Waals surface area contributed by atoms with E-state index in [1.165, 1.54) is 6.33 Å². The SMILES string of the molecule is Cc1cc2c(NC(C)C(C)C(=O)O)ncnc2s1. The first-order valence-electron chi connectivity index (χ1n) is 5.69. The lowest BCUT2D eigenvalue weighted by Crippen LogP contribution is -2.30. The number of thiophene rings is 1. The average Bonchev–Trinajstić information content (AvgIpc) is 2.69. The van der Waals surface area contributed by atoms with E-state index in [2.05, 4.69) is 15.3 Å². The van der Waals surface area contributed by atoms with Gasteiger partial charge in [0.25, 0.3) is 0 Å². The maximum atomic E-state index is 10.9. The van der Waals surface area contributed by atoms with Crippen LogP contribution in [0.25, 0.3) is 10.2 Å². The number of fused-ring (bicyclic) bond motifs is 1. The minimum absolute atomic E-state index is 0.194. The van der Waals surface area contributed by atoms with Crippen LogP contribution in [0.4, 0.5) is 5.82 Å². The highest BCUT2D eigenvalue weighted by Gasteiger charge is 2.20. The predicted molar refractivity (Wildman–Crippen MR) is 72.0 cm³/mol. The Balaban J connectivity index is 2.29. The molecule has 5 nitrogen and oxygen atoms in total. The van der Waals surface area contributed by atoms with Crippen molar-refractivity contribution >= 4 is 33.3 Å². The molecule has 0 bridgehead atoms. The van der Waals surface area contributed by atoms with Crippen LogP contribution in [0.5, 0.6) is 0 Å². The van der Waals surface area contributed by atoms with Crippen molar-refractivity contribution in [3.8, 4) is 0 Å². The molecule has 0 aliphatic carbocycles. The van der Waals surface area contributed by atoms with E-state index in [-0.39, 0.29) is 6.04 Å². The van der Waals surface area contributed by atoms with Crippen molar-refractivity contribution in [1.29, 1.82) is 0 Å². The van der Waals surface area contributed by atoms with Crippen LogP contribution >= 0.6 is 11.3 Å². The second-order valence-electron chi connectivity index (χ2n) is 4.36. The smallest absolute Gasteiger partial charge is 0.308 e.